The second-order valence-electron chi connectivity index (χ2n) is 5.79. The third-order valence-electron chi connectivity index (χ3n) is 3.82. The van der Waals surface area contributed by atoms with Gasteiger partial charge in [0.2, 0.25) is 5.82 Å². The Hall–Kier alpha value is -3.61. The zero-order valence-electron chi connectivity index (χ0n) is 17.2. The Morgan fingerprint density at radius 2 is 1.94 bits per heavy atom. The Morgan fingerprint density at radius 3 is 2.59 bits per heavy atom. The lowest BCUT2D eigenvalue weighted by molar-refractivity contribution is -0.159. The van der Waals surface area contributed by atoms with Crippen LogP contribution < -0.4 is 9.64 Å². The van der Waals surface area contributed by atoms with Crippen LogP contribution in [0, 0.1) is 0 Å². The first-order chi connectivity index (χ1) is 15.4. The number of halogens is 3. The van der Waals surface area contributed by atoms with E-state index in [9.17, 15) is 13.2 Å². The summed E-state index contributed by atoms with van der Waals surface area (Å²) in [5.41, 5.74) is 0. The fourth-order valence-electron chi connectivity index (χ4n) is 2.47. The fourth-order valence-corrected chi connectivity index (χ4v) is 3.39. The van der Waals surface area contributed by atoms with Gasteiger partial charge in [-0.2, -0.15) is 23.3 Å². The van der Waals surface area contributed by atoms with Crippen LogP contribution >= 0.6 is 11.3 Å². The van der Waals surface area contributed by atoms with Crippen molar-refractivity contribution in [3.05, 3.63) is 53.8 Å². The van der Waals surface area contributed by atoms with E-state index in [1.807, 2.05) is 13.8 Å². The van der Waals surface area contributed by atoms with Gasteiger partial charge in [0.15, 0.2) is 11.6 Å². The molecule has 32 heavy (non-hydrogen) atoms. The highest BCUT2D eigenvalue weighted by atomic mass is 32.1. The number of methoxy groups -OCH3 is 1. The molecule has 4 rings (SSSR count). The molecule has 9 nitrogen and oxygen atoms in total. The number of hydrogen-bond donors (Lipinski definition) is 0. The van der Waals surface area contributed by atoms with E-state index < -0.39 is 12.1 Å². The van der Waals surface area contributed by atoms with E-state index in [-0.39, 0.29) is 5.82 Å². The van der Waals surface area contributed by atoms with Crippen molar-refractivity contribution in [3.8, 4) is 16.5 Å². The molecule has 0 bridgehead atoms. The van der Waals surface area contributed by atoms with E-state index in [1.54, 1.807) is 29.3 Å². The zero-order chi connectivity index (χ0) is 23.1. The molecule has 4 heterocycles. The van der Waals surface area contributed by atoms with Gasteiger partial charge in [0.1, 0.15) is 5.75 Å². The van der Waals surface area contributed by atoms with Gasteiger partial charge < -0.3 is 14.2 Å². The van der Waals surface area contributed by atoms with Crippen molar-refractivity contribution in [2.45, 2.75) is 26.6 Å². The van der Waals surface area contributed by atoms with Crippen molar-refractivity contribution in [2.24, 2.45) is 0 Å². The number of rotatable bonds is 6. The first-order valence-corrected chi connectivity index (χ1v) is 10.2. The largest absolute Gasteiger partial charge is 0.495 e. The molecule has 0 aliphatic rings. The highest BCUT2D eigenvalue weighted by molar-refractivity contribution is 7.15. The molecule has 0 aromatic carbocycles. The molecule has 0 saturated heterocycles. The third kappa shape index (κ3) is 5.35. The van der Waals surface area contributed by atoms with E-state index in [0.717, 1.165) is 4.88 Å². The lowest BCUT2D eigenvalue weighted by Crippen LogP contribution is -2.19. The second-order valence-corrected chi connectivity index (χ2v) is 6.96. The van der Waals surface area contributed by atoms with Gasteiger partial charge >= 0.3 is 12.1 Å². The molecule has 0 fully saturated rings. The highest BCUT2D eigenvalue weighted by Gasteiger charge is 2.38. The van der Waals surface area contributed by atoms with E-state index in [1.165, 1.54) is 37.0 Å². The summed E-state index contributed by atoms with van der Waals surface area (Å²) in [6, 6.07) is 5.06. The molecule has 0 saturated carbocycles. The van der Waals surface area contributed by atoms with Gasteiger partial charge in [-0.05, 0) is 12.1 Å². The topological polar surface area (TPSA) is 103 Å². The Kier molecular flexibility index (Phi) is 7.30. The molecule has 0 N–H and O–H groups in total. The molecule has 0 amide bonds. The smallest absolute Gasteiger partial charge is 0.471 e. The molecule has 0 spiro atoms. The van der Waals surface area contributed by atoms with Gasteiger partial charge in [-0.15, -0.1) is 16.4 Å². The molecule has 0 aliphatic heterocycles. The minimum absolute atomic E-state index is 0.134. The van der Waals surface area contributed by atoms with E-state index in [2.05, 4.69) is 34.8 Å². The van der Waals surface area contributed by atoms with Crippen molar-refractivity contribution in [1.82, 2.24) is 30.3 Å². The summed E-state index contributed by atoms with van der Waals surface area (Å²) in [5, 5.41) is 11.5. The molecule has 4 aromatic heterocycles. The Balaban J connectivity index is 0.00000141. The first kappa shape index (κ1) is 23.1. The number of anilines is 2. The van der Waals surface area contributed by atoms with Crippen LogP contribution in [0.15, 0.2) is 47.5 Å². The summed E-state index contributed by atoms with van der Waals surface area (Å²) in [6.07, 6.45) is 1.41. The maximum Gasteiger partial charge on any atom is 0.471 e. The fraction of sp³-hybridized carbons (Fsp3) is 0.263. The molecule has 0 radical (unpaired) electrons. The van der Waals surface area contributed by atoms with Crippen molar-refractivity contribution in [1.29, 1.82) is 0 Å². The molecule has 0 unspecified atom stereocenters. The van der Waals surface area contributed by atoms with E-state index in [0.29, 0.717) is 28.8 Å². The maximum absolute atomic E-state index is 12.7. The van der Waals surface area contributed by atoms with Gasteiger partial charge in [-0.1, -0.05) is 19.0 Å². The third-order valence-corrected chi connectivity index (χ3v) is 4.89. The average molecular weight is 465 g/mol. The predicted molar refractivity (Wildman–Crippen MR) is 110 cm³/mol. The van der Waals surface area contributed by atoms with Gasteiger partial charge in [-0.25, -0.2) is 4.98 Å². The zero-order valence-corrected chi connectivity index (χ0v) is 18.1. The number of aromatic nitrogens is 6. The highest BCUT2D eigenvalue weighted by Crippen LogP contribution is 2.33. The second kappa shape index (κ2) is 10.1. The quantitative estimate of drug-likeness (QED) is 0.398. The molecule has 13 heteroatoms. The normalized spacial score (nSPS) is 10.9. The van der Waals surface area contributed by atoms with Crippen LogP contribution in [0.1, 0.15) is 24.6 Å². The van der Waals surface area contributed by atoms with Crippen LogP contribution in [0.25, 0.3) is 10.7 Å². The van der Waals surface area contributed by atoms with Gasteiger partial charge in [0.25, 0.3) is 0 Å². The number of hydrogen-bond acceptors (Lipinski definition) is 10. The number of ether oxygens (including phenoxy) is 1. The lowest BCUT2D eigenvalue weighted by atomic mass is 10.3. The van der Waals surface area contributed by atoms with Crippen molar-refractivity contribution < 1.29 is 22.4 Å². The monoisotopic (exact) mass is 465 g/mol. The Morgan fingerprint density at radius 1 is 1.12 bits per heavy atom. The molecular weight excluding hydrogens is 447 g/mol. The van der Waals surface area contributed by atoms with Crippen LogP contribution in [0.4, 0.5) is 24.8 Å². The number of thiophene rings is 1. The summed E-state index contributed by atoms with van der Waals surface area (Å²) in [4.78, 5) is 14.8. The van der Waals surface area contributed by atoms with Crippen LogP contribution in [0.2, 0.25) is 0 Å². The van der Waals surface area contributed by atoms with Crippen LogP contribution in [0.3, 0.4) is 0 Å². The molecule has 0 atom stereocenters. The molecular formula is C19H18F3N7O2S. The average Bonchev–Trinajstić information content (AvgIpc) is 3.49. The lowest BCUT2D eigenvalue weighted by Gasteiger charge is -2.21. The molecule has 4 aromatic rings. The van der Waals surface area contributed by atoms with Gasteiger partial charge in [0.05, 0.1) is 30.9 Å². The summed E-state index contributed by atoms with van der Waals surface area (Å²) < 4.78 is 47.6. The standard InChI is InChI=1S/C17H12F3N7O2S.C2H6/c1-28-10-6-13(25-23-7-10)27(14-8-21-4-5-22-14)9-11-2-3-12(30-11)15-24-16(29-26-15)17(18,19)20;1-2/h2-8H,9H2,1H3;1-2H3. The first-order valence-electron chi connectivity index (χ1n) is 9.34. The summed E-state index contributed by atoms with van der Waals surface area (Å²) in [6.45, 7) is 4.30. The van der Waals surface area contributed by atoms with Crippen LogP contribution in [0.5, 0.6) is 5.75 Å². The minimum Gasteiger partial charge on any atom is -0.495 e. The Bertz CT molecular complexity index is 1140. The maximum atomic E-state index is 12.7. The minimum atomic E-state index is -4.70. The summed E-state index contributed by atoms with van der Waals surface area (Å²) in [7, 11) is 1.51. The van der Waals surface area contributed by atoms with Gasteiger partial charge in [0, 0.05) is 23.3 Å². The number of alkyl halides is 3. The molecule has 0 aliphatic carbocycles. The van der Waals surface area contributed by atoms with Crippen molar-refractivity contribution >= 4 is 23.0 Å². The summed E-state index contributed by atoms with van der Waals surface area (Å²) in [5.74, 6) is -0.0454. The summed E-state index contributed by atoms with van der Waals surface area (Å²) >= 11 is 1.22. The SMILES string of the molecule is CC.COc1cnnc(N(Cc2ccc(-c3noc(C(F)(F)F)n3)s2)c2cnccn2)c1. The van der Waals surface area contributed by atoms with Gasteiger partial charge in [-0.3, -0.25) is 4.98 Å². The predicted octanol–water partition coefficient (Wildman–Crippen LogP) is 4.77. The van der Waals surface area contributed by atoms with Crippen molar-refractivity contribution in [3.63, 3.8) is 0 Å². The van der Waals surface area contributed by atoms with E-state index >= 15 is 0 Å². The Labute approximate surface area is 184 Å². The van der Waals surface area contributed by atoms with Crippen LogP contribution in [-0.4, -0.2) is 37.4 Å². The van der Waals surface area contributed by atoms with Crippen molar-refractivity contribution in [2.75, 3.05) is 12.0 Å². The number of nitrogens with zero attached hydrogens (tertiary/aromatic N) is 7. The molecule has 168 valence electrons. The van der Waals surface area contributed by atoms with E-state index in [4.69, 9.17) is 4.74 Å². The van der Waals surface area contributed by atoms with Crippen LogP contribution in [-0.2, 0) is 12.7 Å².